The van der Waals surface area contributed by atoms with Crippen molar-refractivity contribution in [2.75, 3.05) is 13.2 Å². The molecule has 0 unspecified atom stereocenters. The molecule has 2 N–H and O–H groups in total. The highest BCUT2D eigenvalue weighted by molar-refractivity contribution is 5.27. The minimum absolute atomic E-state index is 0.524. The van der Waals surface area contributed by atoms with Gasteiger partial charge in [0, 0.05) is 13.0 Å². The fraction of sp³-hybridized carbons (Fsp3) is 0.364. The number of aryl methyl sites for hydroxylation is 1. The number of nitrogens with two attached hydrogens (primary N) is 1. The van der Waals surface area contributed by atoms with E-state index in [1.54, 1.807) is 0 Å². The molecule has 0 aliphatic heterocycles. The molecule has 0 fully saturated rings. The van der Waals surface area contributed by atoms with Crippen LogP contribution in [0.4, 0.5) is 0 Å². The molecule has 1 aromatic carbocycles. The van der Waals surface area contributed by atoms with Crippen LogP contribution in [0.5, 0.6) is 5.75 Å². The van der Waals surface area contributed by atoms with Crippen molar-refractivity contribution in [3.8, 4) is 11.8 Å². The fourth-order valence-corrected chi connectivity index (χ4v) is 1.13. The summed E-state index contributed by atoms with van der Waals surface area (Å²) in [7, 11) is 0. The summed E-state index contributed by atoms with van der Waals surface area (Å²) in [6.07, 6.45) is 1.36. The van der Waals surface area contributed by atoms with Gasteiger partial charge in [0.25, 0.3) is 0 Å². The molecule has 0 saturated carbocycles. The lowest BCUT2D eigenvalue weighted by Crippen LogP contribution is -2.10. The third-order valence-electron chi connectivity index (χ3n) is 1.84. The second kappa shape index (κ2) is 6.01. The lowest BCUT2D eigenvalue weighted by atomic mass is 10.1. The summed E-state index contributed by atoms with van der Waals surface area (Å²) in [5, 5.41) is 8.41. The van der Waals surface area contributed by atoms with Crippen molar-refractivity contribution < 1.29 is 4.74 Å². The third-order valence-corrected chi connectivity index (χ3v) is 1.84. The second-order valence-electron chi connectivity index (χ2n) is 2.94. The summed E-state index contributed by atoms with van der Waals surface area (Å²) in [5.74, 6) is 0.830. The Morgan fingerprint density at radius 2 is 2.00 bits per heavy atom. The quantitative estimate of drug-likeness (QED) is 0.765. The van der Waals surface area contributed by atoms with Crippen LogP contribution in [-0.4, -0.2) is 13.2 Å². The van der Waals surface area contributed by atoms with E-state index in [2.05, 4.69) is 6.07 Å². The molecule has 0 heterocycles. The summed E-state index contributed by atoms with van der Waals surface area (Å²) >= 11 is 0. The maximum absolute atomic E-state index is 8.41. The van der Waals surface area contributed by atoms with Gasteiger partial charge in [-0.05, 0) is 24.1 Å². The first-order chi connectivity index (χ1) is 6.86. The van der Waals surface area contributed by atoms with Crippen molar-refractivity contribution in [1.82, 2.24) is 0 Å². The third kappa shape index (κ3) is 3.46. The van der Waals surface area contributed by atoms with Gasteiger partial charge in [-0.15, -0.1) is 0 Å². The SMILES string of the molecule is N#CCCc1ccc(OCCN)cc1. The van der Waals surface area contributed by atoms with Crippen LogP contribution in [0.3, 0.4) is 0 Å². The molecule has 1 aromatic rings. The van der Waals surface area contributed by atoms with Gasteiger partial charge in [0.05, 0.1) is 6.07 Å². The van der Waals surface area contributed by atoms with Crippen LogP contribution in [0.2, 0.25) is 0 Å². The predicted octanol–water partition coefficient (Wildman–Crippen LogP) is 1.48. The summed E-state index contributed by atoms with van der Waals surface area (Å²) in [6, 6.07) is 9.88. The van der Waals surface area contributed by atoms with E-state index in [0.717, 1.165) is 17.7 Å². The summed E-state index contributed by atoms with van der Waals surface area (Å²) in [6.45, 7) is 1.06. The Bertz CT molecular complexity index is 300. The van der Waals surface area contributed by atoms with Crippen molar-refractivity contribution in [1.29, 1.82) is 5.26 Å². The van der Waals surface area contributed by atoms with Gasteiger partial charge >= 0.3 is 0 Å². The number of nitrogens with zero attached hydrogens (tertiary/aromatic N) is 1. The number of benzene rings is 1. The number of hydrogen-bond acceptors (Lipinski definition) is 3. The van der Waals surface area contributed by atoms with Gasteiger partial charge < -0.3 is 10.5 Å². The number of hydrogen-bond donors (Lipinski definition) is 1. The van der Waals surface area contributed by atoms with Gasteiger partial charge in [-0.2, -0.15) is 5.26 Å². The predicted molar refractivity (Wildman–Crippen MR) is 54.9 cm³/mol. The standard InChI is InChI=1S/C11H14N2O/c12-7-1-2-10-3-5-11(6-4-10)14-9-8-13/h3-6H,1-2,8-9,13H2. The molecule has 14 heavy (non-hydrogen) atoms. The van der Waals surface area contributed by atoms with E-state index < -0.39 is 0 Å². The maximum Gasteiger partial charge on any atom is 0.119 e. The highest BCUT2D eigenvalue weighted by Gasteiger charge is 1.94. The smallest absolute Gasteiger partial charge is 0.119 e. The first-order valence-corrected chi connectivity index (χ1v) is 4.65. The summed E-state index contributed by atoms with van der Waals surface area (Å²) in [4.78, 5) is 0. The molecule has 0 aliphatic carbocycles. The van der Waals surface area contributed by atoms with E-state index >= 15 is 0 Å². The molecule has 0 aromatic heterocycles. The van der Waals surface area contributed by atoms with Gasteiger partial charge in [0.15, 0.2) is 0 Å². The Morgan fingerprint density at radius 3 is 2.57 bits per heavy atom. The fourth-order valence-electron chi connectivity index (χ4n) is 1.13. The van der Waals surface area contributed by atoms with Gasteiger partial charge in [-0.25, -0.2) is 0 Å². The monoisotopic (exact) mass is 190 g/mol. The van der Waals surface area contributed by atoms with Gasteiger partial charge in [0.2, 0.25) is 0 Å². The zero-order valence-corrected chi connectivity index (χ0v) is 8.07. The Balaban J connectivity index is 2.47. The van der Waals surface area contributed by atoms with E-state index in [9.17, 15) is 0 Å². The van der Waals surface area contributed by atoms with E-state index in [1.165, 1.54) is 0 Å². The average Bonchev–Trinajstić information content (AvgIpc) is 2.25. The number of rotatable bonds is 5. The second-order valence-corrected chi connectivity index (χ2v) is 2.94. The van der Waals surface area contributed by atoms with Gasteiger partial charge in [0.1, 0.15) is 12.4 Å². The number of nitriles is 1. The zero-order valence-electron chi connectivity index (χ0n) is 8.07. The highest BCUT2D eigenvalue weighted by Crippen LogP contribution is 2.12. The van der Waals surface area contributed by atoms with Crippen LogP contribution in [0.15, 0.2) is 24.3 Å². The highest BCUT2D eigenvalue weighted by atomic mass is 16.5. The molecule has 0 spiro atoms. The molecule has 74 valence electrons. The molecular weight excluding hydrogens is 176 g/mol. The van der Waals surface area contributed by atoms with Crippen molar-refractivity contribution in [2.24, 2.45) is 5.73 Å². The average molecular weight is 190 g/mol. The van der Waals surface area contributed by atoms with Crippen molar-refractivity contribution in [2.45, 2.75) is 12.8 Å². The maximum atomic E-state index is 8.41. The van der Waals surface area contributed by atoms with Crippen molar-refractivity contribution >= 4 is 0 Å². The number of ether oxygens (including phenoxy) is 1. The Hall–Kier alpha value is -1.53. The molecule has 0 bridgehead atoms. The van der Waals surface area contributed by atoms with Crippen LogP contribution in [0.25, 0.3) is 0 Å². The van der Waals surface area contributed by atoms with E-state index in [1.807, 2.05) is 24.3 Å². The molecule has 3 nitrogen and oxygen atoms in total. The van der Waals surface area contributed by atoms with Crippen molar-refractivity contribution in [3.63, 3.8) is 0 Å². The molecule has 3 heteroatoms. The molecular formula is C11H14N2O. The zero-order chi connectivity index (χ0) is 10.2. The van der Waals surface area contributed by atoms with E-state index in [4.69, 9.17) is 15.7 Å². The van der Waals surface area contributed by atoms with Crippen LogP contribution < -0.4 is 10.5 Å². The summed E-state index contributed by atoms with van der Waals surface area (Å²) < 4.78 is 5.32. The largest absolute Gasteiger partial charge is 0.492 e. The lowest BCUT2D eigenvalue weighted by molar-refractivity contribution is 0.328. The minimum Gasteiger partial charge on any atom is -0.492 e. The van der Waals surface area contributed by atoms with E-state index in [0.29, 0.717) is 19.6 Å². The Labute approximate surface area is 84.1 Å². The molecule has 0 atom stereocenters. The Morgan fingerprint density at radius 1 is 1.29 bits per heavy atom. The molecule has 0 radical (unpaired) electrons. The van der Waals surface area contributed by atoms with E-state index in [-0.39, 0.29) is 0 Å². The van der Waals surface area contributed by atoms with Gasteiger partial charge in [-0.3, -0.25) is 0 Å². The van der Waals surface area contributed by atoms with Crippen LogP contribution in [-0.2, 0) is 6.42 Å². The molecule has 0 amide bonds. The van der Waals surface area contributed by atoms with Crippen LogP contribution in [0.1, 0.15) is 12.0 Å². The lowest BCUT2D eigenvalue weighted by Gasteiger charge is -2.04. The Kier molecular flexibility index (Phi) is 4.53. The van der Waals surface area contributed by atoms with Crippen LogP contribution >= 0.6 is 0 Å². The first kappa shape index (κ1) is 10.6. The van der Waals surface area contributed by atoms with Gasteiger partial charge in [-0.1, -0.05) is 12.1 Å². The molecule has 1 rings (SSSR count). The van der Waals surface area contributed by atoms with Crippen LogP contribution in [0, 0.1) is 11.3 Å². The first-order valence-electron chi connectivity index (χ1n) is 4.65. The summed E-state index contributed by atoms with van der Waals surface area (Å²) in [5.41, 5.74) is 6.47. The minimum atomic E-state index is 0.524. The molecule has 0 saturated heterocycles. The molecule has 0 aliphatic rings. The van der Waals surface area contributed by atoms with Crippen molar-refractivity contribution in [3.05, 3.63) is 29.8 Å². The topological polar surface area (TPSA) is 59.0 Å². The normalized spacial score (nSPS) is 9.43.